The highest BCUT2D eigenvalue weighted by molar-refractivity contribution is 7.90. The molecule has 0 radical (unpaired) electrons. The molecule has 0 spiro atoms. The van der Waals surface area contributed by atoms with Gasteiger partial charge in [-0.1, -0.05) is 42.5 Å². The molecule has 2 aromatic carbocycles. The lowest BCUT2D eigenvalue weighted by atomic mass is 9.84. The van der Waals surface area contributed by atoms with E-state index in [0.29, 0.717) is 21.0 Å². The minimum atomic E-state index is -3.30. The van der Waals surface area contributed by atoms with E-state index >= 15 is 0 Å². The molecule has 5 nitrogen and oxygen atoms in total. The van der Waals surface area contributed by atoms with Crippen molar-refractivity contribution < 1.29 is 21.9 Å². The molecule has 1 aliphatic rings. The molecule has 30 heavy (non-hydrogen) atoms. The summed E-state index contributed by atoms with van der Waals surface area (Å²) < 4.78 is 51.4. The van der Waals surface area contributed by atoms with Crippen molar-refractivity contribution >= 4 is 10.0 Å². The Kier molecular flexibility index (Phi) is 10.9. The minimum absolute atomic E-state index is 0.0923. The zero-order valence-electron chi connectivity index (χ0n) is 17.9. The van der Waals surface area contributed by atoms with Crippen molar-refractivity contribution in [1.82, 2.24) is 4.72 Å². The third-order valence-corrected chi connectivity index (χ3v) is 6.61. The van der Waals surface area contributed by atoms with Crippen LogP contribution >= 0.6 is 0 Å². The number of ether oxygens (including phenoxy) is 1. The second-order valence-corrected chi connectivity index (χ2v) is 9.38. The van der Waals surface area contributed by atoms with Crippen LogP contribution in [0.3, 0.4) is 0 Å². The van der Waals surface area contributed by atoms with E-state index in [-0.39, 0.29) is 18.5 Å². The summed E-state index contributed by atoms with van der Waals surface area (Å²) in [5, 5.41) is -0.456. The third kappa shape index (κ3) is 7.04. The van der Waals surface area contributed by atoms with Gasteiger partial charge in [0, 0.05) is 18.5 Å². The van der Waals surface area contributed by atoms with E-state index in [1.165, 1.54) is 5.56 Å². The third-order valence-electron chi connectivity index (χ3n) is 4.82. The first kappa shape index (κ1) is 26.0. The summed E-state index contributed by atoms with van der Waals surface area (Å²) in [4.78, 5) is 0. The normalized spacial score (nSPS) is 17.6. The van der Waals surface area contributed by atoms with E-state index in [9.17, 15) is 17.2 Å². The molecule has 1 heterocycles. The number of nitrogens with two attached hydrogens (primary N) is 1. The van der Waals surface area contributed by atoms with Crippen LogP contribution in [0.25, 0.3) is 0 Å². The molecule has 2 unspecified atom stereocenters. The second-order valence-electron chi connectivity index (χ2n) is 7.06. The van der Waals surface area contributed by atoms with Crippen LogP contribution < -0.4 is 15.2 Å². The van der Waals surface area contributed by atoms with Gasteiger partial charge in [-0.15, -0.1) is 0 Å². The fraction of sp³-hybridized carbons (Fsp3) is 0.455. The number of hydrogen-bond donors (Lipinski definition) is 2. The van der Waals surface area contributed by atoms with Crippen molar-refractivity contribution in [3.8, 4) is 5.75 Å². The van der Waals surface area contributed by atoms with Gasteiger partial charge in [0.25, 0.3) is 0 Å². The van der Waals surface area contributed by atoms with Crippen LogP contribution in [-0.4, -0.2) is 40.7 Å². The Balaban J connectivity index is 0.00000106. The molecule has 0 bridgehead atoms. The summed E-state index contributed by atoms with van der Waals surface area (Å²) >= 11 is 0. The van der Waals surface area contributed by atoms with Crippen molar-refractivity contribution in [2.75, 3.05) is 21.0 Å². The molecule has 8 heteroatoms. The van der Waals surface area contributed by atoms with Gasteiger partial charge in [0.2, 0.25) is 10.0 Å². The first-order valence-electron chi connectivity index (χ1n) is 9.66. The summed E-state index contributed by atoms with van der Waals surface area (Å²) in [5.74, 6) is 0.978. The van der Waals surface area contributed by atoms with Gasteiger partial charge in [-0.2, -0.15) is 0 Å². The number of benzene rings is 2. The van der Waals surface area contributed by atoms with Crippen LogP contribution in [0, 0.1) is 0 Å². The Bertz CT molecular complexity index is 862. The predicted octanol–water partition coefficient (Wildman–Crippen LogP) is 3.73. The predicted molar refractivity (Wildman–Crippen MR) is 118 cm³/mol. The molecule has 0 saturated carbocycles. The zero-order valence-corrected chi connectivity index (χ0v) is 18.8. The number of hydrogen-bond acceptors (Lipinski definition) is 4. The van der Waals surface area contributed by atoms with Crippen LogP contribution in [0.2, 0.25) is 0 Å². The summed E-state index contributed by atoms with van der Waals surface area (Å²) in [6.45, 7) is 4.08. The SMILES string of the molecule is CC(C)S(=O)(=O)NCc1ccc2c(c1)C(Cc1ccccc1)C(N)CO2.CF.CF. The highest BCUT2D eigenvalue weighted by Gasteiger charge is 2.29. The molecular weight excluding hydrogens is 410 g/mol. The Morgan fingerprint density at radius 1 is 1.07 bits per heavy atom. The number of nitrogens with one attached hydrogen (secondary N) is 1. The van der Waals surface area contributed by atoms with E-state index < -0.39 is 15.3 Å². The molecule has 3 N–H and O–H groups in total. The summed E-state index contributed by atoms with van der Waals surface area (Å²) in [6.07, 6.45) is 0.833. The molecule has 0 aromatic heterocycles. The number of rotatable bonds is 6. The van der Waals surface area contributed by atoms with E-state index in [1.54, 1.807) is 13.8 Å². The number of alkyl halides is 2. The van der Waals surface area contributed by atoms with Crippen LogP contribution in [0.4, 0.5) is 8.78 Å². The van der Waals surface area contributed by atoms with E-state index in [0.717, 1.165) is 23.3 Å². The lowest BCUT2D eigenvalue weighted by molar-refractivity contribution is 0.238. The van der Waals surface area contributed by atoms with Gasteiger partial charge >= 0.3 is 0 Å². The number of sulfonamides is 1. The van der Waals surface area contributed by atoms with Gasteiger partial charge in [0.1, 0.15) is 12.4 Å². The summed E-state index contributed by atoms with van der Waals surface area (Å²) in [5.41, 5.74) is 9.52. The van der Waals surface area contributed by atoms with Gasteiger partial charge in [0.15, 0.2) is 0 Å². The molecule has 0 amide bonds. The van der Waals surface area contributed by atoms with Gasteiger partial charge in [-0.3, -0.25) is 8.78 Å². The number of halogens is 2. The number of fused-ring (bicyclic) bond motifs is 1. The van der Waals surface area contributed by atoms with Gasteiger partial charge in [0.05, 0.1) is 19.6 Å². The largest absolute Gasteiger partial charge is 0.492 e. The Hall–Kier alpha value is -2.03. The van der Waals surface area contributed by atoms with Crippen molar-refractivity contribution in [2.45, 2.75) is 44.0 Å². The van der Waals surface area contributed by atoms with Crippen LogP contribution in [0.5, 0.6) is 5.75 Å². The van der Waals surface area contributed by atoms with Crippen LogP contribution in [0.1, 0.15) is 36.5 Å². The summed E-state index contributed by atoms with van der Waals surface area (Å²) in [7, 11) is -2.30. The van der Waals surface area contributed by atoms with Crippen molar-refractivity contribution in [1.29, 1.82) is 0 Å². The van der Waals surface area contributed by atoms with Crippen molar-refractivity contribution in [2.24, 2.45) is 5.73 Å². The summed E-state index contributed by atoms with van der Waals surface area (Å²) in [6, 6.07) is 16.0. The molecule has 0 fully saturated rings. The second kappa shape index (κ2) is 12.6. The van der Waals surface area contributed by atoms with Gasteiger partial charge in [-0.25, -0.2) is 13.1 Å². The van der Waals surface area contributed by atoms with Gasteiger partial charge < -0.3 is 10.5 Å². The fourth-order valence-electron chi connectivity index (χ4n) is 3.14. The van der Waals surface area contributed by atoms with Crippen molar-refractivity contribution in [3.63, 3.8) is 0 Å². The van der Waals surface area contributed by atoms with E-state index in [4.69, 9.17) is 10.5 Å². The Morgan fingerprint density at radius 3 is 2.30 bits per heavy atom. The Labute approximate surface area is 178 Å². The monoisotopic (exact) mass is 442 g/mol. The Morgan fingerprint density at radius 2 is 1.70 bits per heavy atom. The fourth-order valence-corrected chi connectivity index (χ4v) is 3.84. The maximum absolute atomic E-state index is 12.0. The first-order chi connectivity index (χ1) is 14.4. The maximum Gasteiger partial charge on any atom is 0.214 e. The quantitative estimate of drug-likeness (QED) is 0.714. The smallest absolute Gasteiger partial charge is 0.214 e. The van der Waals surface area contributed by atoms with Crippen LogP contribution in [-0.2, 0) is 23.0 Å². The van der Waals surface area contributed by atoms with Gasteiger partial charge in [-0.05, 0) is 43.0 Å². The first-order valence-corrected chi connectivity index (χ1v) is 11.2. The average molecular weight is 443 g/mol. The molecule has 2 aromatic rings. The molecule has 2 atom stereocenters. The lowest BCUT2D eigenvalue weighted by Crippen LogP contribution is -2.39. The lowest BCUT2D eigenvalue weighted by Gasteiger charge is -2.32. The van der Waals surface area contributed by atoms with E-state index in [1.807, 2.05) is 36.4 Å². The topological polar surface area (TPSA) is 81.4 Å². The zero-order chi connectivity index (χ0) is 22.7. The molecule has 168 valence electrons. The molecule has 0 aliphatic carbocycles. The minimum Gasteiger partial charge on any atom is -0.492 e. The van der Waals surface area contributed by atoms with Crippen LogP contribution in [0.15, 0.2) is 48.5 Å². The molecule has 1 aliphatic heterocycles. The molecule has 3 rings (SSSR count). The maximum atomic E-state index is 12.0. The average Bonchev–Trinajstić information content (AvgIpc) is 2.78. The molecule has 0 saturated heterocycles. The molecular formula is C22H32F2N2O3S. The standard InChI is InChI=1S/C20H26N2O3S.2CH3F/c1-14(2)26(23,24)22-12-16-8-9-20-18(11-16)17(19(21)13-25-20)10-15-6-4-3-5-7-15;2*1-2/h3-9,11,14,17,19,22H,10,12-13,21H2,1-2H3;2*1H3. The van der Waals surface area contributed by atoms with E-state index in [2.05, 4.69) is 16.9 Å². The highest BCUT2D eigenvalue weighted by Crippen LogP contribution is 2.36. The van der Waals surface area contributed by atoms with Crippen molar-refractivity contribution in [3.05, 3.63) is 65.2 Å². The highest BCUT2D eigenvalue weighted by atomic mass is 32.2.